The summed E-state index contributed by atoms with van der Waals surface area (Å²) in [7, 11) is 0. The van der Waals surface area contributed by atoms with Crippen LogP contribution in [-0.4, -0.2) is 16.2 Å². The highest BCUT2D eigenvalue weighted by Crippen LogP contribution is 2.31. The molecule has 0 bridgehead atoms. The van der Waals surface area contributed by atoms with E-state index in [2.05, 4.69) is 21.1 Å². The van der Waals surface area contributed by atoms with Crippen LogP contribution in [-0.2, 0) is 0 Å². The highest BCUT2D eigenvalue weighted by atomic mass is 16.5. The molecule has 112 valence electrons. The van der Waals surface area contributed by atoms with E-state index in [9.17, 15) is 0 Å². The lowest BCUT2D eigenvalue weighted by molar-refractivity contribution is 0.340. The van der Waals surface area contributed by atoms with Gasteiger partial charge in [0.05, 0.1) is 6.61 Å². The Morgan fingerprint density at radius 1 is 1.19 bits per heavy atom. The van der Waals surface area contributed by atoms with Gasteiger partial charge in [0.15, 0.2) is 0 Å². The predicted molar refractivity (Wildman–Crippen MR) is 85.2 cm³/mol. The molecule has 1 N–H and O–H groups in total. The second kappa shape index (κ2) is 6.66. The Balaban J connectivity index is 1.71. The van der Waals surface area contributed by atoms with Crippen molar-refractivity contribution in [1.82, 2.24) is 9.55 Å². The standard InChI is InChI=1S/C17H23N3O/c1-2-21-16-10-8-14(9-11-16)19-17-18-12-13-20(17)15-6-4-3-5-7-15/h8-13,15H,2-7H2,1H3,(H,18,19). The number of aromatic nitrogens is 2. The van der Waals surface area contributed by atoms with Crippen LogP contribution >= 0.6 is 0 Å². The van der Waals surface area contributed by atoms with E-state index >= 15 is 0 Å². The molecule has 3 rings (SSSR count). The molecule has 4 nitrogen and oxygen atoms in total. The topological polar surface area (TPSA) is 39.1 Å². The smallest absolute Gasteiger partial charge is 0.207 e. The molecule has 0 unspecified atom stereocenters. The van der Waals surface area contributed by atoms with E-state index in [0.29, 0.717) is 12.6 Å². The lowest BCUT2D eigenvalue weighted by Gasteiger charge is -2.24. The van der Waals surface area contributed by atoms with Crippen LogP contribution in [0.1, 0.15) is 45.1 Å². The molecule has 0 amide bonds. The van der Waals surface area contributed by atoms with E-state index < -0.39 is 0 Å². The van der Waals surface area contributed by atoms with Gasteiger partial charge in [0, 0.05) is 24.1 Å². The fourth-order valence-corrected chi connectivity index (χ4v) is 2.99. The van der Waals surface area contributed by atoms with Gasteiger partial charge >= 0.3 is 0 Å². The molecule has 21 heavy (non-hydrogen) atoms. The summed E-state index contributed by atoms with van der Waals surface area (Å²) in [4.78, 5) is 4.47. The van der Waals surface area contributed by atoms with Crippen molar-refractivity contribution in [1.29, 1.82) is 0 Å². The van der Waals surface area contributed by atoms with Gasteiger partial charge in [-0.25, -0.2) is 4.98 Å². The van der Waals surface area contributed by atoms with E-state index in [1.54, 1.807) is 0 Å². The lowest BCUT2D eigenvalue weighted by atomic mass is 9.95. The molecule has 4 heteroatoms. The second-order valence-corrected chi connectivity index (χ2v) is 5.53. The van der Waals surface area contributed by atoms with Gasteiger partial charge < -0.3 is 14.6 Å². The van der Waals surface area contributed by atoms with Crippen LogP contribution in [0.3, 0.4) is 0 Å². The van der Waals surface area contributed by atoms with Crippen molar-refractivity contribution >= 4 is 11.6 Å². The number of benzene rings is 1. The van der Waals surface area contributed by atoms with E-state index in [0.717, 1.165) is 17.4 Å². The van der Waals surface area contributed by atoms with Crippen LogP contribution in [0.4, 0.5) is 11.6 Å². The van der Waals surface area contributed by atoms with Gasteiger partial charge in [-0.15, -0.1) is 0 Å². The van der Waals surface area contributed by atoms with Crippen LogP contribution in [0.5, 0.6) is 5.75 Å². The average molecular weight is 285 g/mol. The molecular weight excluding hydrogens is 262 g/mol. The second-order valence-electron chi connectivity index (χ2n) is 5.53. The first-order chi connectivity index (χ1) is 10.4. The fourth-order valence-electron chi connectivity index (χ4n) is 2.99. The van der Waals surface area contributed by atoms with Gasteiger partial charge in [-0.3, -0.25) is 0 Å². The van der Waals surface area contributed by atoms with E-state index in [-0.39, 0.29) is 0 Å². The predicted octanol–water partition coefficient (Wildman–Crippen LogP) is 4.53. The minimum absolute atomic E-state index is 0.589. The van der Waals surface area contributed by atoms with Crippen LogP contribution < -0.4 is 10.1 Å². The molecule has 0 saturated heterocycles. The monoisotopic (exact) mass is 285 g/mol. The van der Waals surface area contributed by atoms with Crippen LogP contribution in [0.2, 0.25) is 0 Å². The van der Waals surface area contributed by atoms with Gasteiger partial charge in [0.25, 0.3) is 0 Å². The largest absolute Gasteiger partial charge is 0.494 e. The molecule has 1 aliphatic carbocycles. The van der Waals surface area contributed by atoms with Crippen molar-refractivity contribution in [2.45, 2.75) is 45.1 Å². The fraction of sp³-hybridized carbons (Fsp3) is 0.471. The van der Waals surface area contributed by atoms with E-state index in [1.165, 1.54) is 32.1 Å². The zero-order valence-corrected chi connectivity index (χ0v) is 12.6. The van der Waals surface area contributed by atoms with Crippen molar-refractivity contribution in [2.75, 3.05) is 11.9 Å². The summed E-state index contributed by atoms with van der Waals surface area (Å²) in [6.07, 6.45) is 10.5. The molecule has 1 saturated carbocycles. The summed E-state index contributed by atoms with van der Waals surface area (Å²) in [5.41, 5.74) is 1.04. The van der Waals surface area contributed by atoms with E-state index in [4.69, 9.17) is 4.74 Å². The van der Waals surface area contributed by atoms with Gasteiger partial charge in [-0.1, -0.05) is 19.3 Å². The number of hydrogen-bond donors (Lipinski definition) is 1. The van der Waals surface area contributed by atoms with Crippen molar-refractivity contribution in [2.24, 2.45) is 0 Å². The molecule has 2 aromatic rings. The Morgan fingerprint density at radius 3 is 2.67 bits per heavy atom. The Labute approximate surface area is 126 Å². The average Bonchev–Trinajstić information content (AvgIpc) is 2.98. The Bertz CT molecular complexity index is 556. The maximum absolute atomic E-state index is 5.47. The molecule has 1 aliphatic rings. The number of nitrogens with one attached hydrogen (secondary N) is 1. The third kappa shape index (κ3) is 3.38. The number of nitrogens with zero attached hydrogens (tertiary/aromatic N) is 2. The van der Waals surface area contributed by atoms with Crippen molar-refractivity contribution in [3.8, 4) is 5.75 Å². The Kier molecular flexibility index (Phi) is 4.43. The molecule has 0 atom stereocenters. The molecule has 1 aromatic heterocycles. The molecule has 1 fully saturated rings. The first kappa shape index (κ1) is 14.0. The maximum Gasteiger partial charge on any atom is 0.207 e. The summed E-state index contributed by atoms with van der Waals surface area (Å²) in [5, 5.41) is 3.42. The highest BCUT2D eigenvalue weighted by Gasteiger charge is 2.17. The lowest BCUT2D eigenvalue weighted by Crippen LogP contribution is -2.14. The van der Waals surface area contributed by atoms with Crippen molar-refractivity contribution < 1.29 is 4.74 Å². The summed E-state index contributed by atoms with van der Waals surface area (Å²) < 4.78 is 7.75. The third-order valence-electron chi connectivity index (χ3n) is 4.06. The summed E-state index contributed by atoms with van der Waals surface area (Å²) >= 11 is 0. The molecule has 0 aliphatic heterocycles. The van der Waals surface area contributed by atoms with Crippen molar-refractivity contribution in [3.05, 3.63) is 36.7 Å². The molecule has 0 spiro atoms. The first-order valence-electron chi connectivity index (χ1n) is 7.89. The van der Waals surface area contributed by atoms with Crippen LogP contribution in [0.15, 0.2) is 36.7 Å². The minimum Gasteiger partial charge on any atom is -0.494 e. The van der Waals surface area contributed by atoms with Crippen LogP contribution in [0.25, 0.3) is 0 Å². The summed E-state index contributed by atoms with van der Waals surface area (Å²) in [6.45, 7) is 2.69. The molecular formula is C17H23N3O. The normalized spacial score (nSPS) is 15.9. The van der Waals surface area contributed by atoms with Crippen LogP contribution in [0, 0.1) is 0 Å². The Hall–Kier alpha value is -1.97. The third-order valence-corrected chi connectivity index (χ3v) is 4.06. The summed E-state index contributed by atoms with van der Waals surface area (Å²) in [6, 6.07) is 8.63. The first-order valence-corrected chi connectivity index (χ1v) is 7.89. The van der Waals surface area contributed by atoms with Gasteiger partial charge in [0.2, 0.25) is 5.95 Å². The highest BCUT2D eigenvalue weighted by molar-refractivity contribution is 5.55. The van der Waals surface area contributed by atoms with Gasteiger partial charge in [-0.05, 0) is 44.0 Å². The molecule has 1 aromatic carbocycles. The zero-order valence-electron chi connectivity index (χ0n) is 12.6. The SMILES string of the molecule is CCOc1ccc(Nc2nccn2C2CCCCC2)cc1. The van der Waals surface area contributed by atoms with Gasteiger partial charge in [-0.2, -0.15) is 0 Å². The number of ether oxygens (including phenoxy) is 1. The maximum atomic E-state index is 5.47. The summed E-state index contributed by atoms with van der Waals surface area (Å²) in [5.74, 6) is 1.84. The van der Waals surface area contributed by atoms with Gasteiger partial charge in [0.1, 0.15) is 5.75 Å². The van der Waals surface area contributed by atoms with Crippen molar-refractivity contribution in [3.63, 3.8) is 0 Å². The minimum atomic E-state index is 0.589. The quantitative estimate of drug-likeness (QED) is 0.877. The number of anilines is 2. The zero-order chi connectivity index (χ0) is 14.5. The number of hydrogen-bond acceptors (Lipinski definition) is 3. The Morgan fingerprint density at radius 2 is 1.95 bits per heavy atom. The number of imidazole rings is 1. The number of rotatable bonds is 5. The molecule has 1 heterocycles. The molecule has 0 radical (unpaired) electrons. The van der Waals surface area contributed by atoms with E-state index in [1.807, 2.05) is 37.4 Å².